The second-order valence-corrected chi connectivity index (χ2v) is 5.65. The van der Waals surface area contributed by atoms with Crippen LogP contribution in [0.3, 0.4) is 0 Å². The molecule has 0 unspecified atom stereocenters. The Morgan fingerprint density at radius 1 is 1.43 bits per heavy atom. The highest BCUT2D eigenvalue weighted by Gasteiger charge is 2.37. The first-order valence-electron chi connectivity index (χ1n) is 6.23. The molecular formula is C14H13BrFNO4. The maximum absolute atomic E-state index is 13.5. The van der Waals surface area contributed by atoms with Crippen LogP contribution in [-0.4, -0.2) is 45.7 Å². The fraction of sp³-hybridized carbons (Fsp3) is 0.286. The average Bonchev–Trinajstić information content (AvgIpc) is 2.82. The summed E-state index contributed by atoms with van der Waals surface area (Å²) in [6, 6.07) is 3.25. The van der Waals surface area contributed by atoms with Gasteiger partial charge in [0.1, 0.15) is 11.9 Å². The molecule has 5 nitrogen and oxygen atoms in total. The number of β-amino-alcohol motifs (C(OH)–C–C–N with tert-alkyl or cyclic N) is 1. The minimum Gasteiger partial charge on any atom is -0.480 e. The summed E-state index contributed by atoms with van der Waals surface area (Å²) in [4.78, 5) is 24.1. The predicted molar refractivity (Wildman–Crippen MR) is 76.9 cm³/mol. The molecule has 1 saturated heterocycles. The average molecular weight is 358 g/mol. The van der Waals surface area contributed by atoms with Gasteiger partial charge < -0.3 is 15.1 Å². The van der Waals surface area contributed by atoms with Gasteiger partial charge in [0.25, 0.3) is 0 Å². The molecule has 2 N–H and O–H groups in total. The molecule has 2 atom stereocenters. The standard InChI is InChI=1S/C14H13BrFNO4/c15-9-2-3-11(16)8(5-9)1-4-13(19)17-7-10(18)6-12(17)14(20)21/h1-5,10,12,18H,6-7H2,(H,20,21)/t10-,12-/m1/s1. The number of likely N-dealkylation sites (tertiary alicyclic amines) is 1. The summed E-state index contributed by atoms with van der Waals surface area (Å²) in [7, 11) is 0. The SMILES string of the molecule is O=C(O)[C@H]1C[C@@H](O)CN1C(=O)C=Cc1cc(Br)ccc1F. The number of aliphatic hydroxyl groups is 1. The molecule has 0 aromatic heterocycles. The summed E-state index contributed by atoms with van der Waals surface area (Å²) in [6.07, 6.45) is 1.54. The Morgan fingerprint density at radius 2 is 2.14 bits per heavy atom. The molecule has 7 heteroatoms. The minimum atomic E-state index is -1.16. The van der Waals surface area contributed by atoms with Gasteiger partial charge in [0.15, 0.2) is 0 Å². The number of carboxylic acids is 1. The Hall–Kier alpha value is -1.73. The van der Waals surface area contributed by atoms with Crippen LogP contribution in [0.4, 0.5) is 4.39 Å². The van der Waals surface area contributed by atoms with E-state index in [0.717, 1.165) is 11.0 Å². The number of carbonyl (C=O) groups is 2. The molecule has 0 aliphatic carbocycles. The number of hydrogen-bond donors (Lipinski definition) is 2. The summed E-state index contributed by atoms with van der Waals surface area (Å²) in [6.45, 7) is -0.0406. The van der Waals surface area contributed by atoms with Gasteiger partial charge >= 0.3 is 5.97 Å². The molecule has 21 heavy (non-hydrogen) atoms. The molecule has 1 aliphatic rings. The highest BCUT2D eigenvalue weighted by atomic mass is 79.9. The van der Waals surface area contributed by atoms with Crippen molar-refractivity contribution in [3.05, 3.63) is 40.1 Å². The highest BCUT2D eigenvalue weighted by Crippen LogP contribution is 2.20. The summed E-state index contributed by atoms with van der Waals surface area (Å²) in [5.41, 5.74) is 0.212. The number of amides is 1. The van der Waals surface area contributed by atoms with E-state index in [1.807, 2.05) is 0 Å². The Labute approximate surface area is 128 Å². The number of nitrogens with zero attached hydrogens (tertiary/aromatic N) is 1. The quantitative estimate of drug-likeness (QED) is 0.806. The zero-order valence-corrected chi connectivity index (χ0v) is 12.5. The highest BCUT2D eigenvalue weighted by molar-refractivity contribution is 9.10. The van der Waals surface area contributed by atoms with E-state index in [2.05, 4.69) is 15.9 Å². The van der Waals surface area contributed by atoms with Crippen molar-refractivity contribution in [1.29, 1.82) is 0 Å². The van der Waals surface area contributed by atoms with E-state index in [4.69, 9.17) is 5.11 Å². The third-order valence-corrected chi connectivity index (χ3v) is 3.70. The summed E-state index contributed by atoms with van der Waals surface area (Å²) in [5, 5.41) is 18.5. The van der Waals surface area contributed by atoms with E-state index in [1.165, 1.54) is 24.3 Å². The lowest BCUT2D eigenvalue weighted by Crippen LogP contribution is -2.39. The van der Waals surface area contributed by atoms with Crippen LogP contribution in [0, 0.1) is 5.82 Å². The van der Waals surface area contributed by atoms with Crippen LogP contribution < -0.4 is 0 Å². The molecule has 1 heterocycles. The number of aliphatic hydroxyl groups excluding tert-OH is 1. The largest absolute Gasteiger partial charge is 0.480 e. The van der Waals surface area contributed by atoms with Crippen LogP contribution in [-0.2, 0) is 9.59 Å². The molecule has 1 aliphatic heterocycles. The van der Waals surface area contributed by atoms with Crippen molar-refractivity contribution in [3.8, 4) is 0 Å². The van der Waals surface area contributed by atoms with Crippen LogP contribution in [0.15, 0.2) is 28.7 Å². The second kappa shape index (κ2) is 6.36. The zero-order chi connectivity index (χ0) is 15.6. The maximum atomic E-state index is 13.5. The first kappa shape index (κ1) is 15.7. The van der Waals surface area contributed by atoms with Gasteiger partial charge in [-0.25, -0.2) is 9.18 Å². The molecule has 1 amide bonds. The topological polar surface area (TPSA) is 77.8 Å². The van der Waals surface area contributed by atoms with Gasteiger partial charge in [-0.15, -0.1) is 0 Å². The number of halogens is 2. The maximum Gasteiger partial charge on any atom is 0.326 e. The molecule has 0 bridgehead atoms. The van der Waals surface area contributed by atoms with Crippen LogP contribution in [0.2, 0.25) is 0 Å². The lowest BCUT2D eigenvalue weighted by atomic mass is 10.2. The van der Waals surface area contributed by atoms with E-state index in [1.54, 1.807) is 0 Å². The van der Waals surface area contributed by atoms with Gasteiger partial charge in [0.05, 0.1) is 6.10 Å². The fourth-order valence-corrected chi connectivity index (χ4v) is 2.57. The van der Waals surface area contributed by atoms with Crippen molar-refractivity contribution in [2.45, 2.75) is 18.6 Å². The van der Waals surface area contributed by atoms with Crippen molar-refractivity contribution >= 4 is 33.9 Å². The summed E-state index contributed by atoms with van der Waals surface area (Å²) >= 11 is 3.20. The molecule has 2 rings (SSSR count). The molecular weight excluding hydrogens is 345 g/mol. The number of rotatable bonds is 3. The molecule has 1 aromatic carbocycles. The van der Waals surface area contributed by atoms with Crippen LogP contribution in [0.25, 0.3) is 6.08 Å². The molecule has 1 aromatic rings. The minimum absolute atomic E-state index is 0.000158. The molecule has 0 saturated carbocycles. The summed E-state index contributed by atoms with van der Waals surface area (Å²) < 4.78 is 14.2. The van der Waals surface area contributed by atoms with Gasteiger partial charge in [-0.3, -0.25) is 4.79 Å². The molecule has 0 radical (unpaired) electrons. The summed E-state index contributed by atoms with van der Waals surface area (Å²) in [5.74, 6) is -2.22. The number of benzene rings is 1. The predicted octanol–water partition coefficient (Wildman–Crippen LogP) is 1.65. The third-order valence-electron chi connectivity index (χ3n) is 3.21. The zero-order valence-electron chi connectivity index (χ0n) is 10.9. The van der Waals surface area contributed by atoms with E-state index < -0.39 is 29.8 Å². The Kier molecular flexibility index (Phi) is 4.74. The van der Waals surface area contributed by atoms with E-state index >= 15 is 0 Å². The number of aliphatic carboxylic acids is 1. The van der Waals surface area contributed by atoms with Gasteiger partial charge in [-0.05, 0) is 24.3 Å². The first-order chi connectivity index (χ1) is 9.88. The number of carboxylic acid groups (broad SMARTS) is 1. The van der Waals surface area contributed by atoms with Gasteiger partial charge in [-0.1, -0.05) is 15.9 Å². The van der Waals surface area contributed by atoms with Crippen molar-refractivity contribution in [2.75, 3.05) is 6.54 Å². The van der Waals surface area contributed by atoms with Crippen LogP contribution in [0.5, 0.6) is 0 Å². The van der Waals surface area contributed by atoms with Gasteiger partial charge in [-0.2, -0.15) is 0 Å². The lowest BCUT2D eigenvalue weighted by molar-refractivity contribution is -0.146. The van der Waals surface area contributed by atoms with Crippen molar-refractivity contribution < 1.29 is 24.2 Å². The number of carbonyl (C=O) groups excluding carboxylic acids is 1. The fourth-order valence-electron chi connectivity index (χ4n) is 2.19. The first-order valence-corrected chi connectivity index (χ1v) is 7.02. The number of hydrogen-bond acceptors (Lipinski definition) is 3. The molecule has 0 spiro atoms. The van der Waals surface area contributed by atoms with Crippen LogP contribution in [0.1, 0.15) is 12.0 Å². The normalized spacial score (nSPS) is 22.0. The van der Waals surface area contributed by atoms with E-state index in [9.17, 15) is 19.1 Å². The third kappa shape index (κ3) is 3.68. The molecule has 112 valence electrons. The van der Waals surface area contributed by atoms with Crippen LogP contribution >= 0.6 is 15.9 Å². The molecule has 1 fully saturated rings. The second-order valence-electron chi connectivity index (χ2n) is 4.73. The Bertz CT molecular complexity index is 605. The smallest absolute Gasteiger partial charge is 0.326 e. The van der Waals surface area contributed by atoms with Gasteiger partial charge in [0, 0.05) is 29.1 Å². The Balaban J connectivity index is 2.15. The monoisotopic (exact) mass is 357 g/mol. The van der Waals surface area contributed by atoms with Crippen molar-refractivity contribution in [3.63, 3.8) is 0 Å². The van der Waals surface area contributed by atoms with Crippen molar-refractivity contribution in [2.24, 2.45) is 0 Å². The van der Waals surface area contributed by atoms with E-state index in [0.29, 0.717) is 4.47 Å². The van der Waals surface area contributed by atoms with Gasteiger partial charge in [0.2, 0.25) is 5.91 Å². The van der Waals surface area contributed by atoms with Crippen molar-refractivity contribution in [1.82, 2.24) is 4.90 Å². The Morgan fingerprint density at radius 3 is 2.81 bits per heavy atom. The van der Waals surface area contributed by atoms with E-state index in [-0.39, 0.29) is 18.5 Å². The lowest BCUT2D eigenvalue weighted by Gasteiger charge is -2.19.